The number of ether oxygens (including phenoxy) is 1. The Labute approximate surface area is 97.5 Å². The lowest BCUT2D eigenvalue weighted by molar-refractivity contribution is 0.122. The van der Waals surface area contributed by atoms with E-state index in [-0.39, 0.29) is 0 Å². The zero-order valence-electron chi connectivity index (χ0n) is 9.91. The summed E-state index contributed by atoms with van der Waals surface area (Å²) in [6, 6.07) is 8.64. The fraction of sp³-hybridized carbons (Fsp3) is 0.429. The van der Waals surface area contributed by atoms with Gasteiger partial charge in [0.25, 0.3) is 0 Å². The molecule has 0 unspecified atom stereocenters. The van der Waals surface area contributed by atoms with Crippen molar-refractivity contribution in [2.45, 2.75) is 13.3 Å². The molecule has 0 atom stereocenters. The van der Waals surface area contributed by atoms with Crippen molar-refractivity contribution in [1.29, 1.82) is 0 Å². The van der Waals surface area contributed by atoms with Gasteiger partial charge in [-0.3, -0.25) is 0 Å². The van der Waals surface area contributed by atoms with Crippen LogP contribution in [0.5, 0.6) is 0 Å². The molecular formula is C14H19NO. The molecule has 0 aromatic heterocycles. The number of hydrogen-bond acceptors (Lipinski definition) is 2. The number of hydrogen-bond donors (Lipinski definition) is 0. The molecule has 86 valence electrons. The van der Waals surface area contributed by atoms with E-state index in [2.05, 4.69) is 42.7 Å². The lowest BCUT2D eigenvalue weighted by Gasteiger charge is -2.29. The summed E-state index contributed by atoms with van der Waals surface area (Å²) in [4.78, 5) is 2.37. The second-order valence-electron chi connectivity index (χ2n) is 4.11. The molecule has 0 amide bonds. The van der Waals surface area contributed by atoms with E-state index in [4.69, 9.17) is 4.74 Å². The van der Waals surface area contributed by atoms with E-state index < -0.39 is 0 Å². The molecule has 0 saturated carbocycles. The minimum absolute atomic E-state index is 0.832. The monoisotopic (exact) mass is 217 g/mol. The highest BCUT2D eigenvalue weighted by molar-refractivity contribution is 5.67. The summed E-state index contributed by atoms with van der Waals surface area (Å²) in [5, 5.41) is 0. The lowest BCUT2D eigenvalue weighted by atomic mass is 10.0. The van der Waals surface area contributed by atoms with Gasteiger partial charge in [-0.1, -0.05) is 25.6 Å². The molecule has 2 heteroatoms. The van der Waals surface area contributed by atoms with Gasteiger partial charge in [0.1, 0.15) is 0 Å². The van der Waals surface area contributed by atoms with Crippen LogP contribution in [-0.4, -0.2) is 26.3 Å². The standard InChI is InChI=1S/C14H19NO/c1-3-12(2)13-5-4-6-14(11-13)15-7-9-16-10-8-15/h4-6,11H,2-3,7-10H2,1H3. The highest BCUT2D eigenvalue weighted by Crippen LogP contribution is 2.22. The Kier molecular flexibility index (Phi) is 3.62. The molecule has 1 aromatic carbocycles. The highest BCUT2D eigenvalue weighted by atomic mass is 16.5. The number of allylic oxidation sites excluding steroid dienone is 1. The third kappa shape index (κ3) is 2.45. The van der Waals surface area contributed by atoms with Crippen molar-refractivity contribution in [3.05, 3.63) is 36.4 Å². The summed E-state index contributed by atoms with van der Waals surface area (Å²) in [5.74, 6) is 0. The van der Waals surface area contributed by atoms with Crippen molar-refractivity contribution in [2.24, 2.45) is 0 Å². The Bertz CT molecular complexity index is 367. The van der Waals surface area contributed by atoms with E-state index in [0.29, 0.717) is 0 Å². The molecule has 1 aromatic rings. The number of benzene rings is 1. The molecule has 0 spiro atoms. The van der Waals surface area contributed by atoms with E-state index in [9.17, 15) is 0 Å². The number of nitrogens with zero attached hydrogens (tertiary/aromatic N) is 1. The Hall–Kier alpha value is -1.28. The fourth-order valence-corrected chi connectivity index (χ4v) is 1.95. The van der Waals surface area contributed by atoms with Crippen molar-refractivity contribution >= 4 is 11.3 Å². The minimum atomic E-state index is 0.832. The minimum Gasteiger partial charge on any atom is -0.378 e. The second-order valence-corrected chi connectivity index (χ2v) is 4.11. The maximum atomic E-state index is 5.36. The first-order valence-corrected chi connectivity index (χ1v) is 5.92. The van der Waals surface area contributed by atoms with Crippen LogP contribution in [0.4, 0.5) is 5.69 Å². The van der Waals surface area contributed by atoms with E-state index in [0.717, 1.165) is 32.7 Å². The van der Waals surface area contributed by atoms with Gasteiger partial charge in [0, 0.05) is 18.8 Å². The van der Waals surface area contributed by atoms with E-state index in [1.165, 1.54) is 16.8 Å². The largest absolute Gasteiger partial charge is 0.378 e. The lowest BCUT2D eigenvalue weighted by Crippen LogP contribution is -2.36. The SMILES string of the molecule is C=C(CC)c1cccc(N2CCOCC2)c1. The topological polar surface area (TPSA) is 12.5 Å². The third-order valence-electron chi connectivity index (χ3n) is 3.06. The molecule has 16 heavy (non-hydrogen) atoms. The van der Waals surface area contributed by atoms with Crippen LogP contribution in [0.3, 0.4) is 0 Å². The molecule has 1 heterocycles. The quantitative estimate of drug-likeness (QED) is 0.772. The number of anilines is 1. The Morgan fingerprint density at radius 2 is 2.12 bits per heavy atom. The molecule has 1 aliphatic heterocycles. The average Bonchev–Trinajstić information content (AvgIpc) is 2.39. The van der Waals surface area contributed by atoms with E-state index in [1.54, 1.807) is 0 Å². The average molecular weight is 217 g/mol. The molecule has 1 aliphatic rings. The molecule has 0 radical (unpaired) electrons. The molecule has 2 rings (SSSR count). The second kappa shape index (κ2) is 5.17. The van der Waals surface area contributed by atoms with Gasteiger partial charge >= 0.3 is 0 Å². The molecule has 0 N–H and O–H groups in total. The summed E-state index contributed by atoms with van der Waals surface area (Å²) >= 11 is 0. The Morgan fingerprint density at radius 3 is 2.81 bits per heavy atom. The molecule has 0 bridgehead atoms. The zero-order chi connectivity index (χ0) is 11.4. The van der Waals surface area contributed by atoms with E-state index >= 15 is 0 Å². The van der Waals surface area contributed by atoms with Crippen LogP contribution in [0.15, 0.2) is 30.8 Å². The third-order valence-corrected chi connectivity index (χ3v) is 3.06. The van der Waals surface area contributed by atoms with Crippen LogP contribution >= 0.6 is 0 Å². The van der Waals surface area contributed by atoms with Crippen LogP contribution in [-0.2, 0) is 4.74 Å². The van der Waals surface area contributed by atoms with Crippen LogP contribution < -0.4 is 4.90 Å². The van der Waals surface area contributed by atoms with Gasteiger partial charge in [0.05, 0.1) is 13.2 Å². The van der Waals surface area contributed by atoms with E-state index in [1.807, 2.05) is 0 Å². The normalized spacial score (nSPS) is 16.2. The van der Waals surface area contributed by atoms with Gasteiger partial charge in [-0.2, -0.15) is 0 Å². The van der Waals surface area contributed by atoms with Gasteiger partial charge in [-0.05, 0) is 29.7 Å². The first kappa shape index (κ1) is 11.2. The Balaban J connectivity index is 2.17. The van der Waals surface area contributed by atoms with Crippen molar-refractivity contribution in [1.82, 2.24) is 0 Å². The van der Waals surface area contributed by atoms with Crippen LogP contribution in [0, 0.1) is 0 Å². The number of morpholine rings is 1. The maximum absolute atomic E-state index is 5.36. The number of rotatable bonds is 3. The summed E-state index contributed by atoms with van der Waals surface area (Å²) in [6.07, 6.45) is 1.01. The van der Waals surface area contributed by atoms with Crippen molar-refractivity contribution < 1.29 is 4.74 Å². The van der Waals surface area contributed by atoms with Gasteiger partial charge in [0.15, 0.2) is 0 Å². The fourth-order valence-electron chi connectivity index (χ4n) is 1.95. The molecule has 1 saturated heterocycles. The first-order chi connectivity index (χ1) is 7.81. The highest BCUT2D eigenvalue weighted by Gasteiger charge is 2.11. The van der Waals surface area contributed by atoms with Gasteiger partial charge in [-0.25, -0.2) is 0 Å². The first-order valence-electron chi connectivity index (χ1n) is 5.92. The zero-order valence-corrected chi connectivity index (χ0v) is 9.91. The predicted octanol–water partition coefficient (Wildman–Crippen LogP) is 2.95. The summed E-state index contributed by atoms with van der Waals surface area (Å²) in [5.41, 5.74) is 3.75. The molecule has 0 aliphatic carbocycles. The van der Waals surface area contributed by atoms with Crippen molar-refractivity contribution in [2.75, 3.05) is 31.2 Å². The van der Waals surface area contributed by atoms with Crippen LogP contribution in [0.2, 0.25) is 0 Å². The van der Waals surface area contributed by atoms with Crippen LogP contribution in [0.25, 0.3) is 5.57 Å². The molecule has 1 fully saturated rings. The summed E-state index contributed by atoms with van der Waals surface area (Å²) in [7, 11) is 0. The van der Waals surface area contributed by atoms with Gasteiger partial charge in [-0.15, -0.1) is 0 Å². The Morgan fingerprint density at radius 1 is 1.38 bits per heavy atom. The summed E-state index contributed by atoms with van der Waals surface area (Å²) in [6.45, 7) is 9.87. The van der Waals surface area contributed by atoms with Crippen LogP contribution in [0.1, 0.15) is 18.9 Å². The van der Waals surface area contributed by atoms with Gasteiger partial charge < -0.3 is 9.64 Å². The molecular weight excluding hydrogens is 198 g/mol. The van der Waals surface area contributed by atoms with Crippen molar-refractivity contribution in [3.8, 4) is 0 Å². The smallest absolute Gasteiger partial charge is 0.0642 e. The molecule has 2 nitrogen and oxygen atoms in total. The van der Waals surface area contributed by atoms with Gasteiger partial charge in [0.2, 0.25) is 0 Å². The maximum Gasteiger partial charge on any atom is 0.0642 e. The predicted molar refractivity (Wildman–Crippen MR) is 68.8 cm³/mol. The van der Waals surface area contributed by atoms with Crippen molar-refractivity contribution in [3.63, 3.8) is 0 Å². The summed E-state index contributed by atoms with van der Waals surface area (Å²) < 4.78 is 5.36.